The van der Waals surface area contributed by atoms with Gasteiger partial charge in [0.05, 0.1) is 0 Å². The van der Waals surface area contributed by atoms with Crippen molar-refractivity contribution in [3.8, 4) is 0 Å². The lowest BCUT2D eigenvalue weighted by Crippen LogP contribution is -2.26. The first kappa shape index (κ1) is 6.08. The Labute approximate surface area is 54.8 Å². The predicted molar refractivity (Wildman–Crippen MR) is 36.6 cm³/mol. The van der Waals surface area contributed by atoms with E-state index in [1.807, 2.05) is 30.2 Å². The molecule has 1 rings (SSSR count). The van der Waals surface area contributed by atoms with E-state index in [-0.39, 0.29) is 0 Å². The largest absolute Gasteiger partial charge is 0.250 e. The number of hydrogen-bond acceptors (Lipinski definition) is 0. The van der Waals surface area contributed by atoms with Crippen LogP contribution in [0, 0.1) is 0 Å². The van der Waals surface area contributed by atoms with E-state index in [9.17, 15) is 0 Å². The molecule has 0 unspecified atom stereocenters. The molecule has 0 aliphatic heterocycles. The van der Waals surface area contributed by atoms with Crippen LogP contribution in [-0.4, -0.2) is 4.98 Å². The molecule has 1 N–H and O–H groups in total. The third-order valence-corrected chi connectivity index (χ3v) is 1.37. The maximum absolute atomic E-state index is 2.97. The number of nitrogens with one attached hydrogen (secondary N) is 1. The summed E-state index contributed by atoms with van der Waals surface area (Å²) in [5.41, 5.74) is 1.23. The molecule has 0 aliphatic rings. The highest BCUT2D eigenvalue weighted by molar-refractivity contribution is 5.26. The van der Waals surface area contributed by atoms with Crippen molar-refractivity contribution < 1.29 is 4.57 Å². The number of allylic oxidation sites excluding steroid dienone is 2. The van der Waals surface area contributed by atoms with Gasteiger partial charge >= 0.3 is 0 Å². The van der Waals surface area contributed by atoms with Crippen molar-refractivity contribution in [2.75, 3.05) is 0 Å². The average molecular weight is 123 g/mol. The van der Waals surface area contributed by atoms with Crippen LogP contribution in [0.15, 0.2) is 24.8 Å². The molecule has 0 atom stereocenters. The first-order valence-electron chi connectivity index (χ1n) is 3.02. The van der Waals surface area contributed by atoms with Crippen LogP contribution in [0.1, 0.15) is 13.8 Å². The lowest BCUT2D eigenvalue weighted by molar-refractivity contribution is -0.580. The maximum Gasteiger partial charge on any atom is 0.246 e. The molecule has 1 aromatic heterocycles. The van der Waals surface area contributed by atoms with Gasteiger partial charge in [-0.25, -0.2) is 9.55 Å². The number of aromatic amines is 1. The molecule has 0 fully saturated rings. The zero-order valence-electron chi connectivity index (χ0n) is 5.76. The molecule has 9 heavy (non-hydrogen) atoms. The fourth-order valence-corrected chi connectivity index (χ4v) is 0.658. The van der Waals surface area contributed by atoms with E-state index in [0.717, 1.165) is 0 Å². The van der Waals surface area contributed by atoms with E-state index >= 15 is 0 Å². The molecule has 0 bridgehead atoms. The molecule has 2 nitrogen and oxygen atoms in total. The van der Waals surface area contributed by atoms with E-state index in [2.05, 4.69) is 18.0 Å². The second kappa shape index (κ2) is 2.49. The van der Waals surface area contributed by atoms with Crippen LogP contribution in [0.4, 0.5) is 0 Å². The summed E-state index contributed by atoms with van der Waals surface area (Å²) in [6.07, 6.45) is 7.85. The van der Waals surface area contributed by atoms with Gasteiger partial charge in [-0.05, 0) is 19.9 Å². The molecule has 0 radical (unpaired) electrons. The van der Waals surface area contributed by atoms with Gasteiger partial charge in [0.2, 0.25) is 6.33 Å². The van der Waals surface area contributed by atoms with E-state index in [1.54, 1.807) is 0 Å². The van der Waals surface area contributed by atoms with Gasteiger partial charge in [0.25, 0.3) is 0 Å². The highest BCUT2D eigenvalue weighted by atomic mass is 15.0. The second-order valence-corrected chi connectivity index (χ2v) is 1.95. The Bertz CT molecular complexity index is 197. The predicted octanol–water partition coefficient (Wildman–Crippen LogP) is 1.18. The van der Waals surface area contributed by atoms with Crippen LogP contribution in [0.5, 0.6) is 0 Å². The third-order valence-electron chi connectivity index (χ3n) is 1.37. The lowest BCUT2D eigenvalue weighted by Gasteiger charge is -1.88. The van der Waals surface area contributed by atoms with Crippen LogP contribution in [-0.2, 0) is 0 Å². The van der Waals surface area contributed by atoms with Gasteiger partial charge in [0.1, 0.15) is 18.1 Å². The highest BCUT2D eigenvalue weighted by Gasteiger charge is 1.94. The van der Waals surface area contributed by atoms with E-state index in [1.165, 1.54) is 5.70 Å². The van der Waals surface area contributed by atoms with Crippen molar-refractivity contribution in [2.45, 2.75) is 13.8 Å². The number of H-pyrrole nitrogens is 1. The maximum atomic E-state index is 2.97. The summed E-state index contributed by atoms with van der Waals surface area (Å²) in [5, 5.41) is 0. The Morgan fingerprint density at radius 1 is 1.67 bits per heavy atom. The molecule has 0 saturated heterocycles. The molecule has 0 spiro atoms. The molecule has 1 heterocycles. The average Bonchev–Trinajstić information content (AvgIpc) is 2.37. The van der Waals surface area contributed by atoms with E-state index in [0.29, 0.717) is 0 Å². The monoisotopic (exact) mass is 123 g/mol. The summed E-state index contributed by atoms with van der Waals surface area (Å²) < 4.78 is 2.03. The fourth-order valence-electron chi connectivity index (χ4n) is 0.658. The zero-order valence-corrected chi connectivity index (χ0v) is 5.76. The van der Waals surface area contributed by atoms with Gasteiger partial charge < -0.3 is 0 Å². The van der Waals surface area contributed by atoms with E-state index < -0.39 is 0 Å². The summed E-state index contributed by atoms with van der Waals surface area (Å²) in [6, 6.07) is 0. The molecule has 0 saturated carbocycles. The molecule has 0 amide bonds. The molecule has 48 valence electrons. The molecule has 1 aromatic rings. The van der Waals surface area contributed by atoms with Crippen LogP contribution < -0.4 is 4.57 Å². The van der Waals surface area contributed by atoms with Crippen molar-refractivity contribution in [1.29, 1.82) is 0 Å². The zero-order chi connectivity index (χ0) is 6.69. The molecular formula is C7H11N2+. The quantitative estimate of drug-likeness (QED) is 0.541. The SMILES string of the molecule is CC=C(C)[n+]1cc[nH]c1. The van der Waals surface area contributed by atoms with Crippen LogP contribution in [0.3, 0.4) is 0 Å². The number of rotatable bonds is 1. The first-order valence-corrected chi connectivity index (χ1v) is 3.02. The number of nitrogens with zero attached hydrogens (tertiary/aromatic N) is 1. The Morgan fingerprint density at radius 3 is 2.89 bits per heavy atom. The minimum absolute atomic E-state index is 1.23. The van der Waals surface area contributed by atoms with Crippen molar-refractivity contribution in [3.63, 3.8) is 0 Å². The van der Waals surface area contributed by atoms with Gasteiger partial charge in [-0.2, -0.15) is 0 Å². The Kier molecular flexibility index (Phi) is 1.68. The standard InChI is InChI=1S/C7H10N2/c1-3-7(2)9-5-4-8-6-9/h3-6H,1-2H3/p+1. The van der Waals surface area contributed by atoms with E-state index in [4.69, 9.17) is 0 Å². The van der Waals surface area contributed by atoms with Crippen molar-refractivity contribution >= 4 is 5.70 Å². The minimum atomic E-state index is 1.23. The first-order chi connectivity index (χ1) is 4.34. The van der Waals surface area contributed by atoms with Gasteiger partial charge in [-0.1, -0.05) is 0 Å². The Hall–Kier alpha value is -1.05. The van der Waals surface area contributed by atoms with Gasteiger partial charge in [0.15, 0.2) is 0 Å². The van der Waals surface area contributed by atoms with Gasteiger partial charge in [-0.3, -0.25) is 0 Å². The topological polar surface area (TPSA) is 19.7 Å². The summed E-state index contributed by atoms with van der Waals surface area (Å²) in [4.78, 5) is 2.97. The fraction of sp³-hybridized carbons (Fsp3) is 0.286. The van der Waals surface area contributed by atoms with Crippen molar-refractivity contribution in [2.24, 2.45) is 0 Å². The third kappa shape index (κ3) is 1.19. The molecule has 0 aliphatic carbocycles. The summed E-state index contributed by atoms with van der Waals surface area (Å²) in [7, 11) is 0. The van der Waals surface area contributed by atoms with Crippen LogP contribution in [0.25, 0.3) is 5.70 Å². The second-order valence-electron chi connectivity index (χ2n) is 1.95. The summed E-state index contributed by atoms with van der Waals surface area (Å²) >= 11 is 0. The lowest BCUT2D eigenvalue weighted by atomic mass is 10.4. The van der Waals surface area contributed by atoms with Crippen LogP contribution >= 0.6 is 0 Å². The molecule has 2 heteroatoms. The van der Waals surface area contributed by atoms with Crippen molar-refractivity contribution in [1.82, 2.24) is 4.98 Å². The highest BCUT2D eigenvalue weighted by Crippen LogP contribution is 1.86. The van der Waals surface area contributed by atoms with Crippen molar-refractivity contribution in [3.05, 3.63) is 24.8 Å². The number of hydrogen-bond donors (Lipinski definition) is 1. The normalized spacial score (nSPS) is 12.0. The van der Waals surface area contributed by atoms with Crippen LogP contribution in [0.2, 0.25) is 0 Å². The molecule has 0 aromatic carbocycles. The summed E-state index contributed by atoms with van der Waals surface area (Å²) in [5.74, 6) is 0. The minimum Gasteiger partial charge on any atom is -0.250 e. The van der Waals surface area contributed by atoms with Gasteiger partial charge in [0, 0.05) is 0 Å². The Balaban J connectivity index is 2.90. The molecular weight excluding hydrogens is 112 g/mol. The number of imidazole rings is 1. The smallest absolute Gasteiger partial charge is 0.246 e. The Morgan fingerprint density at radius 2 is 2.44 bits per heavy atom. The van der Waals surface area contributed by atoms with Gasteiger partial charge in [-0.15, -0.1) is 0 Å². The number of aromatic nitrogens is 2. The summed E-state index contributed by atoms with van der Waals surface area (Å²) in [6.45, 7) is 4.09.